The van der Waals surface area contributed by atoms with Crippen LogP contribution in [0.4, 0.5) is 4.39 Å². The number of halogens is 1. The van der Waals surface area contributed by atoms with Gasteiger partial charge in [0.25, 0.3) is 11.7 Å². The summed E-state index contributed by atoms with van der Waals surface area (Å²) in [5.74, 6) is -1.52. The lowest BCUT2D eigenvalue weighted by molar-refractivity contribution is -0.141. The Morgan fingerprint density at radius 3 is 2.29 bits per heavy atom. The molecule has 4 nitrogen and oxygen atoms in total. The molecule has 1 heterocycles. The van der Waals surface area contributed by atoms with Gasteiger partial charge in [-0.3, -0.25) is 9.59 Å². The molecule has 0 bridgehead atoms. The first-order valence-corrected chi connectivity index (χ1v) is 11.0. The third kappa shape index (κ3) is 3.78. The van der Waals surface area contributed by atoms with E-state index in [2.05, 4.69) is 13.8 Å². The minimum Gasteiger partial charge on any atom is -0.507 e. The Labute approximate surface area is 182 Å². The smallest absolute Gasteiger partial charge is 0.295 e. The maximum Gasteiger partial charge on any atom is 0.295 e. The van der Waals surface area contributed by atoms with Gasteiger partial charge in [-0.15, -0.1) is 0 Å². The fourth-order valence-corrected chi connectivity index (χ4v) is 4.75. The molecule has 1 aliphatic carbocycles. The van der Waals surface area contributed by atoms with Crippen LogP contribution in [-0.2, 0) is 9.59 Å². The number of hydrogen-bond acceptors (Lipinski definition) is 3. The first-order chi connectivity index (χ1) is 14.8. The van der Waals surface area contributed by atoms with Crippen LogP contribution in [0.15, 0.2) is 48.0 Å². The molecule has 1 amide bonds. The van der Waals surface area contributed by atoms with E-state index in [1.54, 1.807) is 11.8 Å². The first kappa shape index (κ1) is 21.3. The Kier molecular flexibility index (Phi) is 5.69. The minimum absolute atomic E-state index is 0.0218. The number of rotatable bonds is 4. The number of ketones is 1. The Morgan fingerprint density at radius 1 is 1.06 bits per heavy atom. The average molecular weight is 422 g/mol. The van der Waals surface area contributed by atoms with Crippen LogP contribution in [0, 0.1) is 12.7 Å². The molecule has 4 rings (SSSR count). The molecule has 162 valence electrons. The summed E-state index contributed by atoms with van der Waals surface area (Å²) in [5.41, 5.74) is 2.76. The fraction of sp³-hybridized carbons (Fsp3) is 0.385. The van der Waals surface area contributed by atoms with Crippen molar-refractivity contribution in [3.05, 3.63) is 76.1 Å². The number of aliphatic hydroxyl groups is 1. The van der Waals surface area contributed by atoms with Crippen molar-refractivity contribution in [2.75, 3.05) is 0 Å². The second-order valence-corrected chi connectivity index (χ2v) is 8.93. The third-order valence-electron chi connectivity index (χ3n) is 6.55. The number of nitrogens with zero attached hydrogens (tertiary/aromatic N) is 1. The van der Waals surface area contributed by atoms with Crippen LogP contribution < -0.4 is 0 Å². The van der Waals surface area contributed by atoms with Crippen molar-refractivity contribution in [3.63, 3.8) is 0 Å². The molecule has 1 atom stereocenters. The molecular weight excluding hydrogens is 393 g/mol. The second kappa shape index (κ2) is 8.29. The molecular formula is C26H28FNO3. The van der Waals surface area contributed by atoms with Crippen molar-refractivity contribution in [2.24, 2.45) is 0 Å². The van der Waals surface area contributed by atoms with Gasteiger partial charge in [0.2, 0.25) is 0 Å². The standard InChI is InChI=1S/C26H28FNO3/c1-15(2)17-8-10-18(11-9-17)23-22(24(29)19-12-13-21(27)16(3)14-19)25(30)26(31)28(23)20-6-4-5-7-20/h8-15,20,23,29H,4-7H2,1-3H3/b24-22-. The highest BCUT2D eigenvalue weighted by Gasteiger charge is 2.49. The van der Waals surface area contributed by atoms with E-state index in [1.807, 2.05) is 24.3 Å². The van der Waals surface area contributed by atoms with Gasteiger partial charge in [-0.05, 0) is 60.6 Å². The number of hydrogen-bond donors (Lipinski definition) is 1. The zero-order valence-electron chi connectivity index (χ0n) is 18.2. The summed E-state index contributed by atoms with van der Waals surface area (Å²) in [6.45, 7) is 5.82. The van der Waals surface area contributed by atoms with Crippen molar-refractivity contribution in [1.82, 2.24) is 4.90 Å². The zero-order valence-corrected chi connectivity index (χ0v) is 18.2. The molecule has 2 aromatic carbocycles. The lowest BCUT2D eigenvalue weighted by atomic mass is 9.92. The molecule has 1 saturated heterocycles. The van der Waals surface area contributed by atoms with E-state index in [-0.39, 0.29) is 23.2 Å². The number of likely N-dealkylation sites (tertiary alicyclic amines) is 1. The van der Waals surface area contributed by atoms with Gasteiger partial charge < -0.3 is 10.0 Å². The summed E-state index contributed by atoms with van der Waals surface area (Å²) in [4.78, 5) is 27.9. The molecule has 2 fully saturated rings. The monoisotopic (exact) mass is 421 g/mol. The molecule has 1 aliphatic heterocycles. The second-order valence-electron chi connectivity index (χ2n) is 8.93. The van der Waals surface area contributed by atoms with E-state index >= 15 is 0 Å². The Balaban J connectivity index is 1.87. The van der Waals surface area contributed by atoms with E-state index in [0.29, 0.717) is 17.0 Å². The van der Waals surface area contributed by atoms with Gasteiger partial charge in [-0.1, -0.05) is 51.0 Å². The van der Waals surface area contributed by atoms with E-state index in [4.69, 9.17) is 0 Å². The van der Waals surface area contributed by atoms with Gasteiger partial charge in [0.05, 0.1) is 11.6 Å². The molecule has 2 aliphatic rings. The molecule has 1 saturated carbocycles. The van der Waals surface area contributed by atoms with Crippen LogP contribution in [0.25, 0.3) is 5.76 Å². The van der Waals surface area contributed by atoms with Crippen molar-refractivity contribution >= 4 is 17.4 Å². The average Bonchev–Trinajstić information content (AvgIpc) is 3.36. The predicted octanol–water partition coefficient (Wildman–Crippen LogP) is 5.62. The van der Waals surface area contributed by atoms with E-state index < -0.39 is 17.7 Å². The molecule has 1 N–H and O–H groups in total. The molecule has 0 radical (unpaired) electrons. The molecule has 1 unspecified atom stereocenters. The van der Waals surface area contributed by atoms with Crippen molar-refractivity contribution in [2.45, 2.75) is 64.5 Å². The fourth-order valence-electron chi connectivity index (χ4n) is 4.75. The zero-order chi connectivity index (χ0) is 22.3. The summed E-state index contributed by atoms with van der Waals surface area (Å²) in [7, 11) is 0. The predicted molar refractivity (Wildman–Crippen MR) is 118 cm³/mol. The maximum absolute atomic E-state index is 13.8. The van der Waals surface area contributed by atoms with E-state index in [0.717, 1.165) is 36.8 Å². The van der Waals surface area contributed by atoms with Crippen LogP contribution >= 0.6 is 0 Å². The highest BCUT2D eigenvalue weighted by Crippen LogP contribution is 2.43. The van der Waals surface area contributed by atoms with E-state index in [1.165, 1.54) is 18.2 Å². The number of amides is 1. The van der Waals surface area contributed by atoms with Gasteiger partial charge in [0.15, 0.2) is 0 Å². The Hall–Kier alpha value is -2.95. The van der Waals surface area contributed by atoms with Gasteiger partial charge >= 0.3 is 0 Å². The minimum atomic E-state index is -0.677. The van der Waals surface area contributed by atoms with Gasteiger partial charge in [-0.2, -0.15) is 0 Å². The van der Waals surface area contributed by atoms with Gasteiger partial charge in [-0.25, -0.2) is 4.39 Å². The Morgan fingerprint density at radius 2 is 1.71 bits per heavy atom. The van der Waals surface area contributed by atoms with Crippen LogP contribution in [0.5, 0.6) is 0 Å². The number of aliphatic hydroxyl groups excluding tert-OH is 1. The molecule has 0 spiro atoms. The van der Waals surface area contributed by atoms with E-state index in [9.17, 15) is 19.1 Å². The quantitative estimate of drug-likeness (QED) is 0.396. The largest absolute Gasteiger partial charge is 0.507 e. The van der Waals surface area contributed by atoms with Crippen LogP contribution in [0.1, 0.15) is 73.7 Å². The van der Waals surface area contributed by atoms with Gasteiger partial charge in [0, 0.05) is 11.6 Å². The molecule has 0 aromatic heterocycles. The van der Waals surface area contributed by atoms with Crippen molar-refractivity contribution in [3.8, 4) is 0 Å². The lowest BCUT2D eigenvalue weighted by Gasteiger charge is -2.31. The number of aryl methyl sites for hydroxylation is 1. The third-order valence-corrected chi connectivity index (χ3v) is 6.55. The first-order valence-electron chi connectivity index (χ1n) is 11.0. The summed E-state index contributed by atoms with van der Waals surface area (Å²) in [5, 5.41) is 11.1. The number of carbonyl (C=O) groups excluding carboxylic acids is 2. The topological polar surface area (TPSA) is 57.6 Å². The van der Waals surface area contributed by atoms with Crippen molar-refractivity contribution < 1.29 is 19.1 Å². The molecule has 31 heavy (non-hydrogen) atoms. The number of Topliss-reactive ketones (excluding diaryl/α,β-unsaturated/α-hetero) is 1. The highest BCUT2D eigenvalue weighted by atomic mass is 19.1. The van der Waals surface area contributed by atoms with Gasteiger partial charge in [0.1, 0.15) is 11.6 Å². The summed E-state index contributed by atoms with van der Waals surface area (Å²) >= 11 is 0. The summed E-state index contributed by atoms with van der Waals surface area (Å²) < 4.78 is 13.8. The normalized spacial score (nSPS) is 21.5. The number of benzene rings is 2. The Bertz CT molecular complexity index is 1050. The summed E-state index contributed by atoms with van der Waals surface area (Å²) in [6, 6.07) is 11.5. The molecule has 5 heteroatoms. The highest BCUT2D eigenvalue weighted by molar-refractivity contribution is 6.46. The summed E-state index contributed by atoms with van der Waals surface area (Å²) in [6.07, 6.45) is 3.74. The van der Waals surface area contributed by atoms with Crippen LogP contribution in [0.3, 0.4) is 0 Å². The van der Waals surface area contributed by atoms with Crippen LogP contribution in [0.2, 0.25) is 0 Å². The molecule has 2 aromatic rings. The van der Waals surface area contributed by atoms with Crippen molar-refractivity contribution in [1.29, 1.82) is 0 Å². The SMILES string of the molecule is Cc1cc(/C(O)=C2/C(=O)C(=O)N(C3CCCC3)C2c2ccc(C(C)C)cc2)ccc1F. The lowest BCUT2D eigenvalue weighted by Crippen LogP contribution is -2.37. The number of carbonyl (C=O) groups is 2. The maximum atomic E-state index is 13.8. The van der Waals surface area contributed by atoms with Crippen LogP contribution in [-0.4, -0.2) is 27.7 Å².